The van der Waals surface area contributed by atoms with Gasteiger partial charge < -0.3 is 5.32 Å². The van der Waals surface area contributed by atoms with E-state index < -0.39 is 0 Å². The normalized spacial score (nSPS) is 12.4. The summed E-state index contributed by atoms with van der Waals surface area (Å²) in [5.74, 6) is 0.885. The lowest BCUT2D eigenvalue weighted by Crippen LogP contribution is -2.22. The zero-order chi connectivity index (χ0) is 15.2. The molecule has 1 atom stereocenters. The van der Waals surface area contributed by atoms with Gasteiger partial charge in [-0.15, -0.1) is 11.8 Å². The Morgan fingerprint density at radius 3 is 2.43 bits per heavy atom. The molecule has 0 spiro atoms. The van der Waals surface area contributed by atoms with Crippen molar-refractivity contribution in [1.29, 1.82) is 0 Å². The average Bonchev–Trinajstić information content (AvgIpc) is 2.49. The Kier molecular flexibility index (Phi) is 5.83. The maximum atomic E-state index is 13.6. The van der Waals surface area contributed by atoms with Crippen molar-refractivity contribution in [3.05, 3.63) is 65.0 Å². The second-order valence-electron chi connectivity index (χ2n) is 4.99. The van der Waals surface area contributed by atoms with Gasteiger partial charge in [-0.3, -0.25) is 0 Å². The summed E-state index contributed by atoms with van der Waals surface area (Å²) in [4.78, 5) is 1.27. The van der Waals surface area contributed by atoms with Gasteiger partial charge in [0, 0.05) is 4.90 Å². The molecule has 112 valence electrons. The van der Waals surface area contributed by atoms with Crippen molar-refractivity contribution in [3.63, 3.8) is 0 Å². The van der Waals surface area contributed by atoms with Crippen LogP contribution in [0.3, 0.4) is 0 Å². The van der Waals surface area contributed by atoms with Crippen LogP contribution in [0, 0.1) is 12.7 Å². The maximum Gasteiger partial charge on any atom is 0.123 e. The van der Waals surface area contributed by atoms with Crippen molar-refractivity contribution < 1.29 is 4.39 Å². The third kappa shape index (κ3) is 4.08. The number of nitrogens with one attached hydrogen (secondary N) is 1. The molecular formula is C18H22FNS. The Balaban J connectivity index is 2.35. The van der Waals surface area contributed by atoms with Crippen LogP contribution in [0.2, 0.25) is 0 Å². The van der Waals surface area contributed by atoms with Crippen LogP contribution in [-0.2, 0) is 0 Å². The molecule has 0 bridgehead atoms. The first-order chi connectivity index (χ1) is 10.2. The number of thioether (sulfide) groups is 1. The zero-order valence-corrected chi connectivity index (χ0v) is 13.6. The minimum absolute atomic E-state index is 0.0337. The van der Waals surface area contributed by atoms with Gasteiger partial charge in [-0.25, -0.2) is 4.39 Å². The fraction of sp³-hybridized carbons (Fsp3) is 0.333. The van der Waals surface area contributed by atoms with Crippen LogP contribution in [0.5, 0.6) is 0 Å². The lowest BCUT2D eigenvalue weighted by molar-refractivity contribution is 0.600. The van der Waals surface area contributed by atoms with Crippen LogP contribution >= 0.6 is 11.8 Å². The van der Waals surface area contributed by atoms with Crippen molar-refractivity contribution in [2.24, 2.45) is 0 Å². The summed E-state index contributed by atoms with van der Waals surface area (Å²) in [7, 11) is 0. The Labute approximate surface area is 131 Å². The Hall–Kier alpha value is -1.32. The molecule has 0 amide bonds. The molecular weight excluding hydrogens is 281 g/mol. The molecule has 2 aromatic rings. The van der Waals surface area contributed by atoms with Gasteiger partial charge in [0.1, 0.15) is 5.82 Å². The minimum Gasteiger partial charge on any atom is -0.307 e. The smallest absolute Gasteiger partial charge is 0.123 e. The first-order valence-corrected chi connectivity index (χ1v) is 8.36. The fourth-order valence-electron chi connectivity index (χ4n) is 2.46. The van der Waals surface area contributed by atoms with Crippen LogP contribution in [0.4, 0.5) is 4.39 Å². The van der Waals surface area contributed by atoms with Crippen molar-refractivity contribution in [2.45, 2.75) is 31.7 Å². The highest BCUT2D eigenvalue weighted by molar-refractivity contribution is 7.99. The predicted octanol–water partition coefficient (Wildman–Crippen LogP) is 4.95. The number of rotatable bonds is 6. The summed E-state index contributed by atoms with van der Waals surface area (Å²) >= 11 is 1.83. The topological polar surface area (TPSA) is 12.0 Å². The molecule has 0 saturated heterocycles. The number of aryl methyl sites for hydroxylation is 1. The van der Waals surface area contributed by atoms with Crippen molar-refractivity contribution in [1.82, 2.24) is 5.32 Å². The van der Waals surface area contributed by atoms with E-state index in [9.17, 15) is 4.39 Å². The van der Waals surface area contributed by atoms with E-state index in [-0.39, 0.29) is 11.9 Å². The van der Waals surface area contributed by atoms with E-state index in [0.717, 1.165) is 23.4 Å². The van der Waals surface area contributed by atoms with Gasteiger partial charge in [0.25, 0.3) is 0 Å². The van der Waals surface area contributed by atoms with Crippen LogP contribution in [0.25, 0.3) is 0 Å². The summed E-state index contributed by atoms with van der Waals surface area (Å²) in [5.41, 5.74) is 3.29. The molecule has 0 aliphatic rings. The van der Waals surface area contributed by atoms with Gasteiger partial charge in [0.2, 0.25) is 0 Å². The van der Waals surface area contributed by atoms with Gasteiger partial charge in [0.15, 0.2) is 0 Å². The third-order valence-electron chi connectivity index (χ3n) is 3.48. The van der Waals surface area contributed by atoms with Gasteiger partial charge in [-0.1, -0.05) is 32.0 Å². The van der Waals surface area contributed by atoms with Crippen LogP contribution < -0.4 is 5.32 Å². The third-order valence-corrected chi connectivity index (χ3v) is 4.38. The highest BCUT2D eigenvalue weighted by atomic mass is 32.2. The first-order valence-electron chi connectivity index (χ1n) is 7.37. The first kappa shape index (κ1) is 16.1. The number of halogens is 1. The quantitative estimate of drug-likeness (QED) is 0.758. The largest absolute Gasteiger partial charge is 0.307 e. The molecule has 0 fully saturated rings. The van der Waals surface area contributed by atoms with Gasteiger partial charge in [-0.05, 0) is 60.2 Å². The summed E-state index contributed by atoms with van der Waals surface area (Å²) < 4.78 is 13.6. The maximum absolute atomic E-state index is 13.6. The second-order valence-corrected chi connectivity index (χ2v) is 6.33. The van der Waals surface area contributed by atoms with E-state index in [0.29, 0.717) is 0 Å². The van der Waals surface area contributed by atoms with E-state index in [2.05, 4.69) is 43.4 Å². The molecule has 0 radical (unpaired) electrons. The molecule has 0 saturated carbocycles. The van der Waals surface area contributed by atoms with Gasteiger partial charge >= 0.3 is 0 Å². The van der Waals surface area contributed by atoms with Crippen molar-refractivity contribution >= 4 is 11.8 Å². The highest BCUT2D eigenvalue weighted by Crippen LogP contribution is 2.27. The summed E-state index contributed by atoms with van der Waals surface area (Å²) in [6, 6.07) is 13.6. The van der Waals surface area contributed by atoms with E-state index in [4.69, 9.17) is 0 Å². The standard InChI is InChI=1S/C18H22FNS/c1-4-20-18(17-12-15(19)9-6-13(17)3)14-7-10-16(11-8-14)21-5-2/h6-12,18,20H,4-5H2,1-3H3. The number of hydrogen-bond donors (Lipinski definition) is 1. The summed E-state index contributed by atoms with van der Waals surface area (Å²) in [5, 5.41) is 3.46. The Morgan fingerprint density at radius 2 is 1.81 bits per heavy atom. The van der Waals surface area contributed by atoms with E-state index in [1.54, 1.807) is 6.07 Å². The average molecular weight is 303 g/mol. The van der Waals surface area contributed by atoms with Crippen LogP contribution in [-0.4, -0.2) is 12.3 Å². The van der Waals surface area contributed by atoms with Gasteiger partial charge in [0.05, 0.1) is 6.04 Å². The van der Waals surface area contributed by atoms with Crippen molar-refractivity contribution in [2.75, 3.05) is 12.3 Å². The lowest BCUT2D eigenvalue weighted by Gasteiger charge is -2.21. The lowest BCUT2D eigenvalue weighted by atomic mass is 9.95. The summed E-state index contributed by atoms with van der Waals surface area (Å²) in [6.45, 7) is 7.09. The molecule has 2 aromatic carbocycles. The van der Waals surface area contributed by atoms with E-state index in [1.165, 1.54) is 16.5 Å². The minimum atomic E-state index is -0.184. The monoisotopic (exact) mass is 303 g/mol. The Bertz CT molecular complexity index is 580. The molecule has 21 heavy (non-hydrogen) atoms. The van der Waals surface area contributed by atoms with Crippen LogP contribution in [0.15, 0.2) is 47.4 Å². The second kappa shape index (κ2) is 7.62. The molecule has 1 nitrogen and oxygen atoms in total. The summed E-state index contributed by atoms with van der Waals surface area (Å²) in [6.07, 6.45) is 0. The molecule has 0 aliphatic heterocycles. The van der Waals surface area contributed by atoms with E-state index in [1.807, 2.05) is 24.8 Å². The molecule has 1 N–H and O–H groups in total. The fourth-order valence-corrected chi connectivity index (χ4v) is 3.12. The molecule has 3 heteroatoms. The SMILES string of the molecule is CCNC(c1ccc(SCC)cc1)c1cc(F)ccc1C. The Morgan fingerprint density at radius 1 is 1.10 bits per heavy atom. The van der Waals surface area contributed by atoms with Crippen LogP contribution in [0.1, 0.15) is 36.6 Å². The highest BCUT2D eigenvalue weighted by Gasteiger charge is 2.15. The predicted molar refractivity (Wildman–Crippen MR) is 89.5 cm³/mol. The molecule has 0 heterocycles. The molecule has 1 unspecified atom stereocenters. The molecule has 0 aromatic heterocycles. The molecule has 2 rings (SSSR count). The number of hydrogen-bond acceptors (Lipinski definition) is 2. The van der Waals surface area contributed by atoms with Gasteiger partial charge in [-0.2, -0.15) is 0 Å². The molecule has 0 aliphatic carbocycles. The number of benzene rings is 2. The van der Waals surface area contributed by atoms with Crippen molar-refractivity contribution in [3.8, 4) is 0 Å². The zero-order valence-electron chi connectivity index (χ0n) is 12.8. The van der Waals surface area contributed by atoms with E-state index >= 15 is 0 Å².